The van der Waals surface area contributed by atoms with E-state index in [0.717, 1.165) is 51.8 Å². The molecule has 0 spiro atoms. The van der Waals surface area contributed by atoms with E-state index < -0.39 is 9.84 Å². The Morgan fingerprint density at radius 1 is 0.816 bits per heavy atom. The molecule has 3 rings (SSSR count). The molecule has 0 aliphatic heterocycles. The minimum absolute atomic E-state index is 0.0400. The topological polar surface area (TPSA) is 61.8 Å². The van der Waals surface area contributed by atoms with Gasteiger partial charge in [0.15, 0.2) is 16.6 Å². The van der Waals surface area contributed by atoms with Gasteiger partial charge in [-0.1, -0.05) is 65.8 Å². The lowest BCUT2D eigenvalue weighted by Gasteiger charge is -2.20. The standard InChI is InChI=1S/C32H40O5S/c1-6-35-23-37-31-26(5)28(32(36-7-2)30-19-12-11-18-29(30)31)21-20-24(3)14-13-15-25(4)22-38(33,34)27-16-9-8-10-17-27/h8-12,15-20H,6-7,13-14,21-23H2,1-5H3/b24-20+,25-15+. The third-order valence-corrected chi connectivity index (χ3v) is 8.29. The lowest BCUT2D eigenvalue weighted by atomic mass is 9.95. The molecule has 0 radical (unpaired) electrons. The third kappa shape index (κ3) is 7.71. The molecule has 5 nitrogen and oxygen atoms in total. The number of sulfone groups is 1. The lowest BCUT2D eigenvalue weighted by Crippen LogP contribution is -2.07. The maximum absolute atomic E-state index is 12.6. The summed E-state index contributed by atoms with van der Waals surface area (Å²) in [6.45, 7) is 11.4. The molecule has 0 atom stereocenters. The highest BCUT2D eigenvalue weighted by Crippen LogP contribution is 2.41. The summed E-state index contributed by atoms with van der Waals surface area (Å²) < 4.78 is 43.0. The predicted molar refractivity (Wildman–Crippen MR) is 156 cm³/mol. The van der Waals surface area contributed by atoms with Gasteiger partial charge in [0.1, 0.15) is 11.5 Å². The van der Waals surface area contributed by atoms with Crippen LogP contribution in [0, 0.1) is 6.92 Å². The van der Waals surface area contributed by atoms with E-state index in [9.17, 15) is 8.42 Å². The molecule has 0 amide bonds. The Balaban J connectivity index is 1.76. The van der Waals surface area contributed by atoms with Crippen molar-refractivity contribution in [3.8, 4) is 11.5 Å². The molecule has 0 bridgehead atoms. The highest BCUT2D eigenvalue weighted by molar-refractivity contribution is 7.91. The van der Waals surface area contributed by atoms with Gasteiger partial charge in [0.2, 0.25) is 0 Å². The molecule has 0 N–H and O–H groups in total. The summed E-state index contributed by atoms with van der Waals surface area (Å²) in [7, 11) is -3.32. The van der Waals surface area contributed by atoms with E-state index in [2.05, 4.69) is 32.1 Å². The summed E-state index contributed by atoms with van der Waals surface area (Å²) in [6, 6.07) is 16.8. The molecule has 204 valence electrons. The minimum Gasteiger partial charge on any atom is -0.493 e. The number of fused-ring (bicyclic) bond motifs is 1. The number of ether oxygens (including phenoxy) is 3. The smallest absolute Gasteiger partial charge is 0.189 e. The van der Waals surface area contributed by atoms with Crippen LogP contribution in [0.5, 0.6) is 11.5 Å². The zero-order chi connectivity index (χ0) is 27.5. The molecule has 3 aromatic carbocycles. The molecule has 0 aromatic heterocycles. The van der Waals surface area contributed by atoms with Crippen molar-refractivity contribution >= 4 is 20.6 Å². The summed E-state index contributed by atoms with van der Waals surface area (Å²) in [6.07, 6.45) is 6.62. The molecule has 0 saturated heterocycles. The maximum atomic E-state index is 12.6. The fraction of sp³-hybridized carbons (Fsp3) is 0.375. The van der Waals surface area contributed by atoms with Gasteiger partial charge in [0, 0.05) is 22.9 Å². The highest BCUT2D eigenvalue weighted by atomic mass is 32.2. The second kappa shape index (κ2) is 14.2. The van der Waals surface area contributed by atoms with Crippen LogP contribution in [-0.4, -0.2) is 34.2 Å². The van der Waals surface area contributed by atoms with Crippen molar-refractivity contribution in [2.45, 2.75) is 58.8 Å². The van der Waals surface area contributed by atoms with Crippen LogP contribution in [0.1, 0.15) is 51.7 Å². The molecule has 6 heteroatoms. The quantitative estimate of drug-likeness (QED) is 0.121. The van der Waals surface area contributed by atoms with Crippen molar-refractivity contribution in [3.63, 3.8) is 0 Å². The van der Waals surface area contributed by atoms with Crippen molar-refractivity contribution in [1.82, 2.24) is 0 Å². The van der Waals surface area contributed by atoms with Gasteiger partial charge in [-0.15, -0.1) is 0 Å². The van der Waals surface area contributed by atoms with E-state index in [4.69, 9.17) is 14.2 Å². The van der Waals surface area contributed by atoms with Crippen LogP contribution >= 0.6 is 0 Å². The van der Waals surface area contributed by atoms with E-state index >= 15 is 0 Å². The van der Waals surface area contributed by atoms with Gasteiger partial charge in [-0.25, -0.2) is 8.42 Å². The Kier molecular flexibility index (Phi) is 11.0. The predicted octanol–water partition coefficient (Wildman–Crippen LogP) is 7.61. The van der Waals surface area contributed by atoms with E-state index in [1.165, 1.54) is 5.57 Å². The summed E-state index contributed by atoms with van der Waals surface area (Å²) >= 11 is 0. The molecule has 3 aromatic rings. The Bertz CT molecular complexity index is 1370. The number of hydrogen-bond acceptors (Lipinski definition) is 5. The first-order chi connectivity index (χ1) is 18.3. The number of hydrogen-bond donors (Lipinski definition) is 0. The van der Waals surface area contributed by atoms with Gasteiger partial charge >= 0.3 is 0 Å². The normalized spacial score (nSPS) is 12.7. The van der Waals surface area contributed by atoms with E-state index in [0.29, 0.717) is 24.5 Å². The fourth-order valence-corrected chi connectivity index (χ4v) is 5.93. The van der Waals surface area contributed by atoms with Gasteiger partial charge in [-0.05, 0) is 71.6 Å². The van der Waals surface area contributed by atoms with Crippen LogP contribution in [0.25, 0.3) is 10.8 Å². The van der Waals surface area contributed by atoms with E-state index in [-0.39, 0.29) is 12.5 Å². The van der Waals surface area contributed by atoms with Gasteiger partial charge in [-0.2, -0.15) is 0 Å². The average Bonchev–Trinajstić information content (AvgIpc) is 2.90. The molecule has 0 fully saturated rings. The molecule has 38 heavy (non-hydrogen) atoms. The average molecular weight is 537 g/mol. The lowest BCUT2D eigenvalue weighted by molar-refractivity contribution is 0.0229. The zero-order valence-electron chi connectivity index (χ0n) is 23.3. The zero-order valence-corrected chi connectivity index (χ0v) is 24.1. The Morgan fingerprint density at radius 2 is 1.47 bits per heavy atom. The summed E-state index contributed by atoms with van der Waals surface area (Å²) in [4.78, 5) is 0.365. The monoisotopic (exact) mass is 536 g/mol. The Morgan fingerprint density at radius 3 is 2.13 bits per heavy atom. The van der Waals surface area contributed by atoms with Crippen LogP contribution < -0.4 is 9.47 Å². The van der Waals surface area contributed by atoms with Gasteiger partial charge in [-0.3, -0.25) is 0 Å². The van der Waals surface area contributed by atoms with Crippen LogP contribution in [0.15, 0.2) is 82.8 Å². The van der Waals surface area contributed by atoms with Crippen LogP contribution in [0.3, 0.4) is 0 Å². The van der Waals surface area contributed by atoms with Crippen LogP contribution in [0.4, 0.5) is 0 Å². The largest absolute Gasteiger partial charge is 0.493 e. The Labute approximate surface area is 228 Å². The summed E-state index contributed by atoms with van der Waals surface area (Å²) in [5, 5.41) is 2.05. The second-order valence-electron chi connectivity index (χ2n) is 9.41. The number of rotatable bonds is 14. The maximum Gasteiger partial charge on any atom is 0.189 e. The van der Waals surface area contributed by atoms with E-state index in [1.54, 1.807) is 24.3 Å². The van der Waals surface area contributed by atoms with Crippen molar-refractivity contribution in [3.05, 3.63) is 89.0 Å². The SMILES string of the molecule is CCOCOc1c(C)c(C/C=C(\C)CC/C=C(\C)CS(=O)(=O)c2ccccc2)c(OCC)c2ccccc12. The Hall–Kier alpha value is -3.09. The molecular formula is C32H40O5S. The van der Waals surface area contributed by atoms with Crippen LogP contribution in [-0.2, 0) is 21.0 Å². The van der Waals surface area contributed by atoms with E-state index in [1.807, 2.05) is 45.0 Å². The van der Waals surface area contributed by atoms with Gasteiger partial charge in [0.25, 0.3) is 0 Å². The summed E-state index contributed by atoms with van der Waals surface area (Å²) in [5.74, 6) is 1.77. The van der Waals surface area contributed by atoms with Crippen molar-refractivity contribution in [2.24, 2.45) is 0 Å². The third-order valence-electron chi connectivity index (χ3n) is 6.47. The van der Waals surface area contributed by atoms with Gasteiger partial charge < -0.3 is 14.2 Å². The van der Waals surface area contributed by atoms with Crippen molar-refractivity contribution in [1.29, 1.82) is 0 Å². The molecule has 0 aliphatic carbocycles. The first-order valence-electron chi connectivity index (χ1n) is 13.2. The van der Waals surface area contributed by atoms with Crippen molar-refractivity contribution < 1.29 is 22.6 Å². The molecular weight excluding hydrogens is 496 g/mol. The fourth-order valence-electron chi connectivity index (χ4n) is 4.47. The molecule has 0 aliphatic rings. The highest BCUT2D eigenvalue weighted by Gasteiger charge is 2.18. The molecule has 0 heterocycles. The van der Waals surface area contributed by atoms with Gasteiger partial charge in [0.05, 0.1) is 17.3 Å². The number of allylic oxidation sites excluding steroid dienone is 3. The summed E-state index contributed by atoms with van der Waals surface area (Å²) in [5.41, 5.74) is 4.27. The number of benzene rings is 3. The minimum atomic E-state index is -3.32. The first-order valence-corrected chi connectivity index (χ1v) is 14.9. The van der Waals surface area contributed by atoms with Crippen LogP contribution in [0.2, 0.25) is 0 Å². The first kappa shape index (κ1) is 29.5. The molecule has 0 unspecified atom stereocenters. The molecule has 0 saturated carbocycles. The van der Waals surface area contributed by atoms with Crippen molar-refractivity contribution in [2.75, 3.05) is 25.8 Å². The second-order valence-corrected chi connectivity index (χ2v) is 11.4.